The third-order valence-corrected chi connectivity index (χ3v) is 11.0. The first-order valence-electron chi connectivity index (χ1n) is 17.8. The molecule has 2 N–H and O–H groups in total. The van der Waals surface area contributed by atoms with Crippen LogP contribution in [0.2, 0.25) is 0 Å². The van der Waals surface area contributed by atoms with Crippen LogP contribution in [0, 0.1) is 0 Å². The number of nitrogens with zero attached hydrogens (tertiary/aromatic N) is 11. The van der Waals surface area contributed by atoms with Crippen molar-refractivity contribution in [2.24, 2.45) is 5.11 Å². The lowest BCUT2D eigenvalue weighted by atomic mass is 9.75. The van der Waals surface area contributed by atoms with Crippen LogP contribution >= 0.6 is 11.8 Å². The number of imide groups is 1. The van der Waals surface area contributed by atoms with Gasteiger partial charge >= 0.3 is 29.8 Å². The third-order valence-electron chi connectivity index (χ3n) is 9.99. The number of likely N-dealkylation sites (N-methyl/N-ethyl adjacent to an activating group) is 2. The summed E-state index contributed by atoms with van der Waals surface area (Å²) in [6.07, 6.45) is -0.110. The Hall–Kier alpha value is -6.06. The van der Waals surface area contributed by atoms with Gasteiger partial charge in [0.05, 0.1) is 6.04 Å². The average Bonchev–Trinajstić information content (AvgIpc) is 3.62. The van der Waals surface area contributed by atoms with Gasteiger partial charge in [-0.25, -0.2) is 14.3 Å². The van der Waals surface area contributed by atoms with Crippen molar-refractivity contribution in [2.45, 2.75) is 63.1 Å². The van der Waals surface area contributed by atoms with Gasteiger partial charge in [-0.05, 0) is 59.2 Å². The minimum Gasteiger partial charge on any atom is -0.460 e. The first-order chi connectivity index (χ1) is 26.9. The molecule has 296 valence electrons. The number of aromatic nitrogens is 4. The van der Waals surface area contributed by atoms with Crippen LogP contribution in [0.3, 0.4) is 0 Å². The number of ether oxygens (including phenoxy) is 2. The molecule has 6 rings (SSSR count). The zero-order valence-electron chi connectivity index (χ0n) is 30.9. The quantitative estimate of drug-likeness (QED) is 0.0516. The topological polar surface area (TPSA) is 267 Å². The van der Waals surface area contributed by atoms with E-state index in [1.165, 1.54) is 40.8 Å². The Kier molecular flexibility index (Phi) is 11.6. The summed E-state index contributed by atoms with van der Waals surface area (Å²) in [6, 6.07) is 0.147. The van der Waals surface area contributed by atoms with E-state index in [4.69, 9.17) is 9.47 Å². The van der Waals surface area contributed by atoms with Crippen molar-refractivity contribution in [3.63, 3.8) is 0 Å². The summed E-state index contributed by atoms with van der Waals surface area (Å²) in [4.78, 5) is 101. The normalized spacial score (nSPS) is 21.9. The number of hydrogen-bond acceptors (Lipinski definition) is 15. The number of amides is 6. The highest BCUT2D eigenvalue weighted by atomic mass is 32.2. The molecule has 0 saturated carbocycles. The Morgan fingerprint density at radius 2 is 1.84 bits per heavy atom. The SMILES string of the molecule is CCN(CC)CCOC(=O)C1=C2CSc3nnnn3C(N=[N+]=[N-])(C2)C2[C@H](NC(=O)C(NC(=O)N3CCN(CC)C(=O)C3=O)c3ccc(OC(C)=O)cc3)C(=O)N12. The van der Waals surface area contributed by atoms with Crippen LogP contribution < -0.4 is 15.4 Å². The molecule has 56 heavy (non-hydrogen) atoms. The van der Waals surface area contributed by atoms with Gasteiger partial charge in [0.25, 0.3) is 5.91 Å². The van der Waals surface area contributed by atoms with E-state index < -0.39 is 65.4 Å². The minimum absolute atomic E-state index is 0.0328. The number of fused-ring (bicyclic) bond motifs is 6. The smallest absolute Gasteiger partial charge is 0.355 e. The lowest BCUT2D eigenvalue weighted by Crippen LogP contribution is -2.79. The molecule has 2 saturated heterocycles. The van der Waals surface area contributed by atoms with Gasteiger partial charge in [0.1, 0.15) is 30.1 Å². The van der Waals surface area contributed by atoms with Gasteiger partial charge in [0.15, 0.2) is 5.66 Å². The Balaban J connectivity index is 1.34. The van der Waals surface area contributed by atoms with E-state index >= 15 is 0 Å². The lowest BCUT2D eigenvalue weighted by Gasteiger charge is -2.56. The highest BCUT2D eigenvalue weighted by Gasteiger charge is 2.66. The van der Waals surface area contributed by atoms with Crippen LogP contribution in [0.5, 0.6) is 5.75 Å². The van der Waals surface area contributed by atoms with Crippen molar-refractivity contribution in [2.75, 3.05) is 51.6 Å². The number of esters is 2. The second-order valence-electron chi connectivity index (χ2n) is 13.0. The van der Waals surface area contributed by atoms with E-state index in [2.05, 4.69) is 41.1 Å². The summed E-state index contributed by atoms with van der Waals surface area (Å²) >= 11 is 1.16. The summed E-state index contributed by atoms with van der Waals surface area (Å²) in [6.45, 7) is 8.96. The van der Waals surface area contributed by atoms with Crippen LogP contribution in [0.1, 0.15) is 45.7 Å². The van der Waals surface area contributed by atoms with Crippen molar-refractivity contribution in [1.82, 2.24) is 50.4 Å². The molecule has 6 amide bonds. The fourth-order valence-corrected chi connectivity index (χ4v) is 8.10. The lowest BCUT2D eigenvalue weighted by molar-refractivity contribution is -0.165. The maximum absolute atomic E-state index is 14.3. The molecule has 23 heteroatoms. The number of urea groups is 1. The number of β-lactam (4-membered cyclic amide) rings is 1. The van der Waals surface area contributed by atoms with Crippen LogP contribution in [-0.4, -0.2) is 145 Å². The summed E-state index contributed by atoms with van der Waals surface area (Å²) in [5.41, 5.74) is 8.63. The predicted molar refractivity (Wildman–Crippen MR) is 192 cm³/mol. The van der Waals surface area contributed by atoms with Crippen LogP contribution in [-0.2, 0) is 39.2 Å². The molecule has 4 atom stereocenters. The molecular weight excluding hydrogens is 755 g/mol. The van der Waals surface area contributed by atoms with Gasteiger partial charge in [0.2, 0.25) is 11.1 Å². The Labute approximate surface area is 323 Å². The highest BCUT2D eigenvalue weighted by Crippen LogP contribution is 2.51. The Morgan fingerprint density at radius 1 is 1.11 bits per heavy atom. The Morgan fingerprint density at radius 3 is 2.50 bits per heavy atom. The zero-order chi connectivity index (χ0) is 40.3. The molecule has 1 aromatic carbocycles. The molecule has 2 aromatic rings. The fraction of sp³-hybridized carbons (Fsp3) is 0.515. The monoisotopic (exact) mass is 793 g/mol. The van der Waals surface area contributed by atoms with Crippen LogP contribution in [0.25, 0.3) is 10.4 Å². The maximum atomic E-state index is 14.3. The first kappa shape index (κ1) is 39.6. The van der Waals surface area contributed by atoms with Crippen LogP contribution in [0.15, 0.2) is 45.8 Å². The van der Waals surface area contributed by atoms with Gasteiger partial charge in [-0.2, -0.15) is 0 Å². The van der Waals surface area contributed by atoms with Crippen molar-refractivity contribution in [3.8, 4) is 5.75 Å². The van der Waals surface area contributed by atoms with E-state index in [1.807, 2.05) is 13.8 Å². The molecule has 0 spiro atoms. The largest absolute Gasteiger partial charge is 0.460 e. The molecule has 3 unspecified atom stereocenters. The summed E-state index contributed by atoms with van der Waals surface area (Å²) in [7, 11) is 0. The number of benzene rings is 1. The summed E-state index contributed by atoms with van der Waals surface area (Å²) in [5.74, 6) is -4.77. The molecule has 5 heterocycles. The molecule has 4 aliphatic rings. The standard InChI is InChI=1S/C33H39N13O9S/c1-5-42(6-2)14-15-54-30(52)24-20-16-33(38-39-34,46-32(56-17-20)37-40-41-46)25-23(27(49)45(24)25)35-26(48)22(19-8-10-21(11-9-19)55-18(4)47)36-31(53)44-13-12-43(7-3)28(50)29(44)51/h8-11,22-23,25H,5-7,12-17H2,1-4H3,(H,35,48)(H,36,53)/t22?,23-,25?,33?/m0/s1. The molecule has 2 bridgehead atoms. The van der Waals surface area contributed by atoms with E-state index in [1.54, 1.807) is 6.92 Å². The van der Waals surface area contributed by atoms with Crippen molar-refractivity contribution >= 4 is 53.4 Å². The first-order valence-corrected chi connectivity index (χ1v) is 18.8. The number of tetrazole rings is 1. The van der Waals surface area contributed by atoms with Crippen molar-refractivity contribution in [3.05, 3.63) is 51.5 Å². The van der Waals surface area contributed by atoms with E-state index in [0.29, 0.717) is 17.0 Å². The van der Waals surface area contributed by atoms with E-state index in [-0.39, 0.29) is 60.6 Å². The predicted octanol–water partition coefficient (Wildman–Crippen LogP) is 0.0472. The number of azide groups is 1. The molecule has 22 nitrogen and oxygen atoms in total. The van der Waals surface area contributed by atoms with Gasteiger partial charge in [-0.3, -0.25) is 33.8 Å². The number of hydrogen-bond donors (Lipinski definition) is 2. The molecule has 2 fully saturated rings. The van der Waals surface area contributed by atoms with Crippen molar-refractivity contribution < 1.29 is 43.0 Å². The summed E-state index contributed by atoms with van der Waals surface area (Å²) in [5, 5.41) is 21.4. The second kappa shape index (κ2) is 16.4. The number of carbonyl (C=O) groups excluding carboxylic acids is 7. The van der Waals surface area contributed by atoms with Gasteiger partial charge in [-0.1, -0.05) is 42.9 Å². The minimum atomic E-state index is -1.75. The second-order valence-corrected chi connectivity index (χ2v) is 14.0. The van der Waals surface area contributed by atoms with E-state index in [9.17, 15) is 39.1 Å². The fourth-order valence-electron chi connectivity index (χ4n) is 7.14. The van der Waals surface area contributed by atoms with Gasteiger partial charge in [0, 0.05) is 50.2 Å². The van der Waals surface area contributed by atoms with Crippen LogP contribution in [0.4, 0.5) is 4.79 Å². The average molecular weight is 794 g/mol. The maximum Gasteiger partial charge on any atom is 0.355 e. The highest BCUT2D eigenvalue weighted by molar-refractivity contribution is 7.99. The molecule has 4 aliphatic heterocycles. The number of rotatable bonds is 13. The molecular formula is C33H39N13O9S. The van der Waals surface area contributed by atoms with Gasteiger partial charge in [-0.15, -0.1) is 5.10 Å². The molecule has 0 radical (unpaired) electrons. The number of nitrogens with one attached hydrogen (secondary N) is 2. The number of carbonyl (C=O) groups is 7. The summed E-state index contributed by atoms with van der Waals surface area (Å²) < 4.78 is 12.0. The Bertz CT molecular complexity index is 2030. The van der Waals surface area contributed by atoms with Gasteiger partial charge < -0.3 is 29.9 Å². The van der Waals surface area contributed by atoms with Crippen molar-refractivity contribution in [1.29, 1.82) is 0 Å². The molecule has 1 aromatic heterocycles. The number of thioether (sulfide) groups is 1. The number of piperazine rings is 1. The molecule has 0 aliphatic carbocycles. The van der Waals surface area contributed by atoms with E-state index in [0.717, 1.165) is 29.8 Å². The third kappa shape index (κ3) is 7.22. The zero-order valence-corrected chi connectivity index (χ0v) is 31.7.